The quantitative estimate of drug-likeness (QED) is 0.356. The summed E-state index contributed by atoms with van der Waals surface area (Å²) < 4.78 is 10.9. The molecule has 8 nitrogen and oxygen atoms in total. The van der Waals surface area contributed by atoms with Crippen molar-refractivity contribution >= 4 is 11.9 Å². The molecule has 2 saturated carbocycles. The van der Waals surface area contributed by atoms with Gasteiger partial charge in [0.2, 0.25) is 5.91 Å². The van der Waals surface area contributed by atoms with Crippen molar-refractivity contribution < 1.29 is 63.9 Å². The number of rotatable bonds is 7. The van der Waals surface area contributed by atoms with Gasteiger partial charge in [-0.1, -0.05) is 20.3 Å². The van der Waals surface area contributed by atoms with Gasteiger partial charge < -0.3 is 34.9 Å². The van der Waals surface area contributed by atoms with E-state index in [2.05, 4.69) is 19.2 Å². The second-order valence-corrected chi connectivity index (χ2v) is 8.77. The summed E-state index contributed by atoms with van der Waals surface area (Å²) in [5.74, 6) is -2.34. The summed E-state index contributed by atoms with van der Waals surface area (Å²) in [5, 5.41) is 35.7. The molecule has 0 bridgehead atoms. The smallest absolute Gasteiger partial charge is 0.550 e. The van der Waals surface area contributed by atoms with Gasteiger partial charge in [-0.15, -0.1) is 0 Å². The number of carbonyl (C=O) groups excluding carboxylic acids is 2. The van der Waals surface area contributed by atoms with E-state index in [4.69, 9.17) is 9.47 Å². The average molecular weight is 438 g/mol. The average Bonchev–Trinajstić information content (AvgIpc) is 2.66. The van der Waals surface area contributed by atoms with Crippen LogP contribution in [0.4, 0.5) is 0 Å². The first-order chi connectivity index (χ1) is 13.7. The minimum absolute atomic E-state index is 0. The predicted molar refractivity (Wildman–Crippen MR) is 103 cm³/mol. The van der Waals surface area contributed by atoms with Crippen molar-refractivity contribution in [2.75, 3.05) is 14.2 Å². The monoisotopic (exact) mass is 437 g/mol. The van der Waals surface area contributed by atoms with Gasteiger partial charge in [-0.25, -0.2) is 0 Å². The van der Waals surface area contributed by atoms with Crippen LogP contribution in [0.15, 0.2) is 0 Å². The first-order valence-electron chi connectivity index (χ1n) is 10.6. The molecule has 2 aliphatic rings. The van der Waals surface area contributed by atoms with E-state index < -0.39 is 36.1 Å². The number of amides is 1. The molecule has 1 amide bonds. The van der Waals surface area contributed by atoms with Gasteiger partial charge in [-0.3, -0.25) is 4.79 Å². The van der Waals surface area contributed by atoms with Crippen LogP contribution in [0.2, 0.25) is 0 Å². The Hall–Kier alpha value is -0.220. The molecule has 0 aliphatic heterocycles. The summed E-state index contributed by atoms with van der Waals surface area (Å²) in [6, 6.07) is -0.225. The number of aliphatic hydroxyl groups excluding tert-OH is 2. The van der Waals surface area contributed by atoms with Crippen molar-refractivity contribution in [2.45, 2.75) is 76.9 Å². The van der Waals surface area contributed by atoms with Crippen molar-refractivity contribution in [2.24, 2.45) is 29.6 Å². The Morgan fingerprint density at radius 3 is 2.20 bits per heavy atom. The van der Waals surface area contributed by atoms with E-state index in [9.17, 15) is 24.9 Å². The minimum atomic E-state index is -1.34. The summed E-state index contributed by atoms with van der Waals surface area (Å²) in [7, 11) is 2.99. The van der Waals surface area contributed by atoms with Gasteiger partial charge >= 0.3 is 29.6 Å². The second kappa shape index (κ2) is 12.1. The number of methoxy groups -OCH3 is 2. The third-order valence-electron chi connectivity index (χ3n) is 7.29. The van der Waals surface area contributed by atoms with Crippen LogP contribution in [0.1, 0.15) is 46.5 Å². The van der Waals surface area contributed by atoms with Gasteiger partial charge in [0.05, 0.1) is 24.4 Å². The molecule has 0 aromatic rings. The Morgan fingerprint density at radius 1 is 1.10 bits per heavy atom. The Kier molecular flexibility index (Phi) is 11.3. The van der Waals surface area contributed by atoms with Crippen molar-refractivity contribution in [3.05, 3.63) is 0 Å². The maximum Gasteiger partial charge on any atom is 1.00 e. The van der Waals surface area contributed by atoms with Gasteiger partial charge in [0, 0.05) is 33.0 Å². The summed E-state index contributed by atoms with van der Waals surface area (Å²) in [6.45, 7) is 5.75. The summed E-state index contributed by atoms with van der Waals surface area (Å²) in [6.07, 6.45) is -1.04. The van der Waals surface area contributed by atoms with Crippen molar-refractivity contribution in [3.63, 3.8) is 0 Å². The second-order valence-electron chi connectivity index (χ2n) is 8.77. The van der Waals surface area contributed by atoms with Crippen molar-refractivity contribution in [3.8, 4) is 0 Å². The van der Waals surface area contributed by atoms with Gasteiger partial charge in [-0.05, 0) is 42.9 Å². The molecular formula is C21H36NNaO7. The molecule has 3 N–H and O–H groups in total. The first kappa shape index (κ1) is 27.8. The number of carboxylic acid groups (broad SMARTS) is 1. The molecule has 4 unspecified atom stereocenters. The molecule has 2 rings (SSSR count). The van der Waals surface area contributed by atoms with Gasteiger partial charge in [0.25, 0.3) is 0 Å². The SMILES string of the molecule is CCC1C[C@@H](OC)C(NC(C)=O)[C@@H](C[C@@H]2CC(C(=O)[O-])[C@@H](O)[C@H](OC)C2O)[C@H]1C.[Na+]. The number of carboxylic acids is 1. The summed E-state index contributed by atoms with van der Waals surface area (Å²) in [4.78, 5) is 23.4. The van der Waals surface area contributed by atoms with E-state index in [1.807, 2.05) is 0 Å². The van der Waals surface area contributed by atoms with Crippen LogP contribution in [0.25, 0.3) is 0 Å². The molecule has 2 fully saturated rings. The van der Waals surface area contributed by atoms with E-state index >= 15 is 0 Å². The maximum absolute atomic E-state index is 11.9. The Balaban J connectivity index is 0.00000450. The van der Waals surface area contributed by atoms with Gasteiger partial charge in [0.15, 0.2) is 0 Å². The van der Waals surface area contributed by atoms with Crippen LogP contribution in [-0.2, 0) is 19.1 Å². The molecule has 10 atom stereocenters. The summed E-state index contributed by atoms with van der Waals surface area (Å²) in [5.41, 5.74) is 0. The van der Waals surface area contributed by atoms with Gasteiger partial charge in [0.1, 0.15) is 6.10 Å². The normalized spacial score (nSPS) is 41.6. The molecule has 168 valence electrons. The molecule has 9 heteroatoms. The van der Waals surface area contributed by atoms with Crippen LogP contribution in [-0.4, -0.2) is 66.8 Å². The van der Waals surface area contributed by atoms with Crippen molar-refractivity contribution in [1.29, 1.82) is 0 Å². The first-order valence-corrected chi connectivity index (χ1v) is 10.6. The van der Waals surface area contributed by atoms with E-state index in [-0.39, 0.29) is 65.9 Å². The van der Waals surface area contributed by atoms with Crippen LogP contribution >= 0.6 is 0 Å². The molecule has 0 saturated heterocycles. The van der Waals surface area contributed by atoms with Crippen LogP contribution in [0.5, 0.6) is 0 Å². The number of aliphatic carboxylic acids is 1. The largest absolute Gasteiger partial charge is 1.00 e. The Morgan fingerprint density at radius 2 is 1.73 bits per heavy atom. The number of nitrogens with one attached hydrogen (secondary N) is 1. The van der Waals surface area contributed by atoms with Gasteiger partial charge in [-0.2, -0.15) is 0 Å². The zero-order chi connectivity index (χ0) is 21.9. The third-order valence-corrected chi connectivity index (χ3v) is 7.29. The molecule has 2 aliphatic carbocycles. The fourth-order valence-electron chi connectivity index (χ4n) is 5.59. The molecular weight excluding hydrogens is 401 g/mol. The van der Waals surface area contributed by atoms with Crippen LogP contribution < -0.4 is 40.0 Å². The fraction of sp³-hybridized carbons (Fsp3) is 0.905. The van der Waals surface area contributed by atoms with Crippen LogP contribution in [0, 0.1) is 29.6 Å². The number of hydrogen-bond donors (Lipinski definition) is 3. The predicted octanol–water partition coefficient (Wildman–Crippen LogP) is -3.29. The van der Waals surface area contributed by atoms with E-state index in [1.54, 1.807) is 7.11 Å². The molecule has 30 heavy (non-hydrogen) atoms. The Bertz CT molecular complexity index is 578. The molecule has 0 aromatic carbocycles. The molecule has 0 heterocycles. The number of hydrogen-bond acceptors (Lipinski definition) is 7. The molecule has 0 radical (unpaired) electrons. The zero-order valence-electron chi connectivity index (χ0n) is 19.0. The zero-order valence-corrected chi connectivity index (χ0v) is 21.0. The number of ether oxygens (including phenoxy) is 2. The molecule has 0 spiro atoms. The fourth-order valence-corrected chi connectivity index (χ4v) is 5.59. The topological polar surface area (TPSA) is 128 Å². The number of carbonyl (C=O) groups is 2. The van der Waals surface area contributed by atoms with E-state index in [0.29, 0.717) is 12.3 Å². The van der Waals surface area contributed by atoms with E-state index in [0.717, 1.165) is 12.8 Å². The maximum atomic E-state index is 11.9. The Labute approximate surface area is 201 Å². The molecule has 0 aromatic heterocycles. The summed E-state index contributed by atoms with van der Waals surface area (Å²) >= 11 is 0. The third kappa shape index (κ3) is 5.97. The van der Waals surface area contributed by atoms with E-state index in [1.165, 1.54) is 14.0 Å². The number of aliphatic hydroxyl groups is 2. The van der Waals surface area contributed by atoms with Crippen LogP contribution in [0.3, 0.4) is 0 Å². The standard InChI is InChI=1S/C21H37NO7.Na/c1-6-12-9-16(28-4)17(22-11(3)23)14(10(12)2)7-13-8-15(21(26)27)19(25)20(29-5)18(13)24;/h10,12-20,24-25H,6-9H2,1-5H3,(H,22,23)(H,26,27);/q;+1/p-1/t10-,12?,13+,14-,15?,16+,17?,18?,19+,20+;/m0./s1. The van der Waals surface area contributed by atoms with Crippen molar-refractivity contribution in [1.82, 2.24) is 5.32 Å². The minimum Gasteiger partial charge on any atom is -0.550 e.